The number of aryl methyl sites for hydroxylation is 1. The second-order valence-electron chi connectivity index (χ2n) is 12.8. The van der Waals surface area contributed by atoms with Gasteiger partial charge in [0.1, 0.15) is 11.4 Å². The molecule has 232 valence electrons. The second kappa shape index (κ2) is 13.0. The van der Waals surface area contributed by atoms with Crippen LogP contribution in [0.5, 0.6) is 5.75 Å². The van der Waals surface area contributed by atoms with E-state index in [1.807, 2.05) is 43.9 Å². The van der Waals surface area contributed by atoms with Gasteiger partial charge < -0.3 is 28.9 Å². The maximum atomic E-state index is 14.7. The summed E-state index contributed by atoms with van der Waals surface area (Å²) in [5.74, 6) is 0.0394. The molecule has 5 rings (SSSR count). The van der Waals surface area contributed by atoms with Crippen molar-refractivity contribution in [3.8, 4) is 5.75 Å². The number of hydrogen-bond donors (Lipinski definition) is 0. The van der Waals surface area contributed by atoms with Gasteiger partial charge in [-0.15, -0.1) is 0 Å². The second-order valence-corrected chi connectivity index (χ2v) is 12.8. The van der Waals surface area contributed by atoms with Crippen molar-refractivity contribution in [1.29, 1.82) is 0 Å². The molecule has 2 aromatic carbocycles. The number of nitrogens with zero attached hydrogens (tertiary/aromatic N) is 3. The van der Waals surface area contributed by atoms with E-state index in [2.05, 4.69) is 31.2 Å². The average molecular weight is 592 g/mol. The molecule has 1 saturated carbocycles. The van der Waals surface area contributed by atoms with Crippen LogP contribution in [0.25, 0.3) is 0 Å². The van der Waals surface area contributed by atoms with Gasteiger partial charge in [-0.2, -0.15) is 0 Å². The summed E-state index contributed by atoms with van der Waals surface area (Å²) in [7, 11) is 1.65. The first kappa shape index (κ1) is 30.9. The first-order valence-corrected chi connectivity index (χ1v) is 15.6. The SMILES string of the molecule is CCc1cccc([C@H]2CCN(C(=O)OC(C)(C)C)C[C@@H]2C(=O)N(c2ccc3c(c2)N(CCCOC)C(=O)CO3)C2CC2)c1. The fraction of sp³-hybridized carbons (Fsp3) is 0.559. The van der Waals surface area contributed by atoms with Crippen LogP contribution in [0.4, 0.5) is 16.2 Å². The molecule has 2 aliphatic heterocycles. The van der Waals surface area contributed by atoms with E-state index in [9.17, 15) is 14.4 Å². The van der Waals surface area contributed by atoms with Crippen molar-refractivity contribution >= 4 is 29.3 Å². The number of hydrogen-bond acceptors (Lipinski definition) is 6. The Morgan fingerprint density at radius 1 is 1.09 bits per heavy atom. The van der Waals surface area contributed by atoms with Crippen LogP contribution < -0.4 is 14.5 Å². The van der Waals surface area contributed by atoms with Gasteiger partial charge in [0.05, 0.1) is 11.6 Å². The minimum Gasteiger partial charge on any atom is -0.482 e. The predicted octanol–water partition coefficient (Wildman–Crippen LogP) is 5.55. The van der Waals surface area contributed by atoms with Crippen molar-refractivity contribution in [2.75, 3.05) is 49.8 Å². The van der Waals surface area contributed by atoms with Crippen LogP contribution in [-0.4, -0.2) is 74.4 Å². The number of carbonyl (C=O) groups is 3. The number of anilines is 2. The van der Waals surface area contributed by atoms with Crippen molar-refractivity contribution in [2.45, 2.75) is 77.4 Å². The molecule has 9 heteroatoms. The highest BCUT2D eigenvalue weighted by atomic mass is 16.6. The Morgan fingerprint density at radius 3 is 2.58 bits per heavy atom. The van der Waals surface area contributed by atoms with Crippen LogP contribution in [0, 0.1) is 5.92 Å². The number of piperidine rings is 1. The van der Waals surface area contributed by atoms with E-state index in [0.29, 0.717) is 44.0 Å². The fourth-order valence-corrected chi connectivity index (χ4v) is 6.12. The molecule has 0 unspecified atom stereocenters. The molecule has 2 heterocycles. The van der Waals surface area contributed by atoms with E-state index >= 15 is 0 Å². The van der Waals surface area contributed by atoms with E-state index < -0.39 is 11.5 Å². The van der Waals surface area contributed by atoms with E-state index in [-0.39, 0.29) is 43.0 Å². The first-order chi connectivity index (χ1) is 20.6. The number of carbonyl (C=O) groups excluding carboxylic acids is 3. The molecular formula is C34H45N3O6. The van der Waals surface area contributed by atoms with Gasteiger partial charge in [-0.3, -0.25) is 9.59 Å². The Bertz CT molecular complexity index is 1330. The van der Waals surface area contributed by atoms with Gasteiger partial charge >= 0.3 is 6.09 Å². The zero-order chi connectivity index (χ0) is 30.7. The molecule has 0 aromatic heterocycles. The van der Waals surface area contributed by atoms with Crippen LogP contribution in [0.15, 0.2) is 42.5 Å². The minimum absolute atomic E-state index is 0.00315. The number of rotatable bonds is 9. The molecular weight excluding hydrogens is 546 g/mol. The maximum Gasteiger partial charge on any atom is 0.410 e. The molecule has 0 bridgehead atoms. The molecule has 2 atom stereocenters. The van der Waals surface area contributed by atoms with E-state index in [1.165, 1.54) is 5.56 Å². The monoisotopic (exact) mass is 591 g/mol. The largest absolute Gasteiger partial charge is 0.482 e. The Labute approximate surface area is 255 Å². The van der Waals surface area contributed by atoms with Gasteiger partial charge in [-0.05, 0) is 88.1 Å². The molecule has 1 saturated heterocycles. The predicted molar refractivity (Wildman–Crippen MR) is 166 cm³/mol. The molecule has 3 amide bonds. The van der Waals surface area contributed by atoms with Crippen molar-refractivity contribution in [3.63, 3.8) is 0 Å². The normalized spacial score (nSPS) is 20.3. The quantitative estimate of drug-likeness (QED) is 0.356. The van der Waals surface area contributed by atoms with Crippen molar-refractivity contribution < 1.29 is 28.6 Å². The molecule has 1 aliphatic carbocycles. The van der Waals surface area contributed by atoms with Crippen LogP contribution >= 0.6 is 0 Å². The van der Waals surface area contributed by atoms with Gasteiger partial charge in [0.2, 0.25) is 5.91 Å². The summed E-state index contributed by atoms with van der Waals surface area (Å²) in [5.41, 5.74) is 3.16. The highest BCUT2D eigenvalue weighted by molar-refractivity contribution is 6.01. The van der Waals surface area contributed by atoms with Gasteiger partial charge in [-0.1, -0.05) is 31.2 Å². The molecule has 9 nitrogen and oxygen atoms in total. The minimum atomic E-state index is -0.624. The molecule has 2 aromatic rings. The highest BCUT2D eigenvalue weighted by Crippen LogP contribution is 2.42. The summed E-state index contributed by atoms with van der Waals surface area (Å²) in [6.45, 7) is 9.55. The lowest BCUT2D eigenvalue weighted by Crippen LogP contribution is -2.51. The number of likely N-dealkylation sites (tertiary alicyclic amines) is 1. The van der Waals surface area contributed by atoms with Gasteiger partial charge in [0.15, 0.2) is 6.61 Å². The number of ether oxygens (including phenoxy) is 3. The Kier molecular flexibility index (Phi) is 9.30. The Morgan fingerprint density at radius 2 is 1.88 bits per heavy atom. The summed E-state index contributed by atoms with van der Waals surface area (Å²) in [5, 5.41) is 0. The third-order valence-corrected chi connectivity index (χ3v) is 8.41. The first-order valence-electron chi connectivity index (χ1n) is 15.6. The molecule has 43 heavy (non-hydrogen) atoms. The van der Waals surface area contributed by atoms with Gasteiger partial charge in [-0.25, -0.2) is 4.79 Å². The van der Waals surface area contributed by atoms with E-state index in [4.69, 9.17) is 14.2 Å². The summed E-state index contributed by atoms with van der Waals surface area (Å²) < 4.78 is 16.7. The van der Waals surface area contributed by atoms with E-state index in [1.54, 1.807) is 16.9 Å². The molecule has 2 fully saturated rings. The van der Waals surface area contributed by atoms with Crippen LogP contribution in [0.3, 0.4) is 0 Å². The zero-order valence-corrected chi connectivity index (χ0v) is 26.1. The Balaban J connectivity index is 1.48. The Hall–Kier alpha value is -3.59. The third-order valence-electron chi connectivity index (χ3n) is 8.41. The molecule has 0 radical (unpaired) electrons. The van der Waals surface area contributed by atoms with Crippen molar-refractivity contribution in [2.24, 2.45) is 5.92 Å². The highest BCUT2D eigenvalue weighted by Gasteiger charge is 2.44. The summed E-state index contributed by atoms with van der Waals surface area (Å²) >= 11 is 0. The summed E-state index contributed by atoms with van der Waals surface area (Å²) in [6.07, 6.45) is 3.70. The van der Waals surface area contributed by atoms with Crippen molar-refractivity contribution in [3.05, 3.63) is 53.6 Å². The zero-order valence-electron chi connectivity index (χ0n) is 26.1. The summed E-state index contributed by atoms with van der Waals surface area (Å²) in [4.78, 5) is 46.1. The summed E-state index contributed by atoms with van der Waals surface area (Å²) in [6, 6.07) is 14.3. The fourth-order valence-electron chi connectivity index (χ4n) is 6.12. The molecule has 0 N–H and O–H groups in total. The lowest BCUT2D eigenvalue weighted by molar-refractivity contribution is -0.124. The topological polar surface area (TPSA) is 88.6 Å². The number of amides is 3. The number of fused-ring (bicyclic) bond motifs is 1. The van der Waals surface area contributed by atoms with Gasteiger partial charge in [0.25, 0.3) is 5.91 Å². The third kappa shape index (κ3) is 7.15. The average Bonchev–Trinajstić information content (AvgIpc) is 3.82. The number of benzene rings is 2. The van der Waals surface area contributed by atoms with Crippen LogP contribution in [0.1, 0.15) is 70.4 Å². The lowest BCUT2D eigenvalue weighted by Gasteiger charge is -2.41. The maximum absolute atomic E-state index is 14.7. The smallest absolute Gasteiger partial charge is 0.410 e. The van der Waals surface area contributed by atoms with Gasteiger partial charge in [0, 0.05) is 45.1 Å². The van der Waals surface area contributed by atoms with Crippen LogP contribution in [0.2, 0.25) is 0 Å². The number of methoxy groups -OCH3 is 1. The van der Waals surface area contributed by atoms with Crippen LogP contribution in [-0.2, 0) is 25.5 Å². The molecule has 3 aliphatic rings. The van der Waals surface area contributed by atoms with E-state index in [0.717, 1.165) is 30.5 Å². The standard InChI is InChI=1S/C34H45N3O6/c1-6-23-9-7-10-24(19-23)27-15-17-35(33(40)43-34(2,3)4)21-28(27)32(39)37(25-11-12-25)26-13-14-30-29(20-26)36(16-8-18-41-5)31(38)22-42-30/h7,9-10,13-14,19-20,25,27-28H,6,8,11-12,15-18,21-22H2,1-5H3/t27-,28+/m1/s1. The lowest BCUT2D eigenvalue weighted by atomic mass is 9.79. The molecule has 0 spiro atoms. The van der Waals surface area contributed by atoms with Crippen molar-refractivity contribution in [1.82, 2.24) is 4.90 Å².